The van der Waals surface area contributed by atoms with Gasteiger partial charge in [0.25, 0.3) is 0 Å². The van der Waals surface area contributed by atoms with Gasteiger partial charge in [-0.3, -0.25) is 0 Å². The maximum Gasteiger partial charge on any atom is 0.180 e. The van der Waals surface area contributed by atoms with Gasteiger partial charge in [-0.25, -0.2) is 9.97 Å². The van der Waals surface area contributed by atoms with E-state index in [4.69, 9.17) is 14.4 Å². The number of hydrogen-bond acceptors (Lipinski definition) is 3. The van der Waals surface area contributed by atoms with E-state index >= 15 is 0 Å². The molecular weight excluding hydrogens is 669 g/mol. The van der Waals surface area contributed by atoms with Crippen molar-refractivity contribution in [2.75, 3.05) is 0 Å². The quantitative estimate of drug-likeness (QED) is 0.166. The highest BCUT2D eigenvalue weighted by Gasteiger charge is 2.19. The highest BCUT2D eigenvalue weighted by Crippen LogP contribution is 2.39. The molecule has 10 aromatic rings. The van der Waals surface area contributed by atoms with Crippen molar-refractivity contribution in [2.45, 2.75) is 0 Å². The van der Waals surface area contributed by atoms with Crippen LogP contribution < -0.4 is 0 Å². The van der Waals surface area contributed by atoms with Crippen LogP contribution in [0.4, 0.5) is 0 Å². The molecule has 0 aliphatic rings. The summed E-state index contributed by atoms with van der Waals surface area (Å²) in [7, 11) is 0. The lowest BCUT2D eigenvalue weighted by molar-refractivity contribution is 0.667. The Bertz CT molecular complexity index is 2900. The topological polar surface area (TPSA) is 38.9 Å². The zero-order valence-corrected chi connectivity index (χ0v) is 29.9. The summed E-state index contributed by atoms with van der Waals surface area (Å²) in [6.07, 6.45) is 0. The van der Waals surface area contributed by atoms with E-state index in [9.17, 15) is 0 Å². The number of benzene rings is 8. The molecule has 2 aromatic heterocycles. The van der Waals surface area contributed by atoms with E-state index in [0.29, 0.717) is 11.4 Å². The van der Waals surface area contributed by atoms with Crippen molar-refractivity contribution < 1.29 is 4.42 Å². The van der Waals surface area contributed by atoms with Crippen molar-refractivity contribution in [3.63, 3.8) is 0 Å². The molecule has 2 heterocycles. The number of rotatable bonds is 7. The molecule has 0 unspecified atom stereocenters. The molecule has 0 N–H and O–H groups in total. The van der Waals surface area contributed by atoms with Gasteiger partial charge in [0.15, 0.2) is 11.4 Å². The summed E-state index contributed by atoms with van der Waals surface area (Å²) in [5.41, 5.74) is 16.6. The minimum atomic E-state index is 0.655. The van der Waals surface area contributed by atoms with Crippen molar-refractivity contribution in [1.82, 2.24) is 9.97 Å². The number of para-hydroxylation sites is 1. The third-order valence-corrected chi connectivity index (χ3v) is 10.2. The van der Waals surface area contributed by atoms with Crippen molar-refractivity contribution in [2.24, 2.45) is 0 Å². The molecule has 0 amide bonds. The van der Waals surface area contributed by atoms with Gasteiger partial charge in [-0.05, 0) is 110 Å². The Kier molecular flexibility index (Phi) is 8.16. The lowest BCUT2D eigenvalue weighted by Gasteiger charge is -2.15. The molecule has 0 bridgehead atoms. The number of hydrogen-bond donors (Lipinski definition) is 0. The third kappa shape index (κ3) is 6.28. The van der Waals surface area contributed by atoms with E-state index in [1.165, 1.54) is 22.3 Å². The maximum atomic E-state index is 6.38. The molecule has 0 saturated heterocycles. The first-order valence-electron chi connectivity index (χ1n) is 18.6. The van der Waals surface area contributed by atoms with Gasteiger partial charge in [0.1, 0.15) is 16.8 Å². The average Bonchev–Trinajstić information content (AvgIpc) is 3.66. The highest BCUT2D eigenvalue weighted by atomic mass is 16.3. The Morgan fingerprint density at radius 2 is 0.673 bits per heavy atom. The van der Waals surface area contributed by atoms with Crippen LogP contribution in [0.15, 0.2) is 211 Å². The molecule has 10 rings (SSSR count). The van der Waals surface area contributed by atoms with Gasteiger partial charge in [0.05, 0.1) is 0 Å². The summed E-state index contributed by atoms with van der Waals surface area (Å²) >= 11 is 0. The molecule has 0 aliphatic carbocycles. The average molecular weight is 703 g/mol. The second-order valence-corrected chi connectivity index (χ2v) is 13.8. The lowest BCUT2D eigenvalue weighted by atomic mass is 9.89. The van der Waals surface area contributed by atoms with Crippen LogP contribution >= 0.6 is 0 Å². The first kappa shape index (κ1) is 32.3. The first-order chi connectivity index (χ1) is 27.2. The number of fused-ring (bicyclic) bond motifs is 3. The Morgan fingerprint density at radius 3 is 1.20 bits per heavy atom. The van der Waals surface area contributed by atoms with E-state index in [2.05, 4.69) is 170 Å². The monoisotopic (exact) mass is 702 g/mol. The molecular formula is C52H34N2O. The fourth-order valence-corrected chi connectivity index (χ4v) is 7.50. The van der Waals surface area contributed by atoms with E-state index in [-0.39, 0.29) is 0 Å². The zero-order valence-electron chi connectivity index (χ0n) is 29.9. The second-order valence-electron chi connectivity index (χ2n) is 13.8. The summed E-state index contributed by atoms with van der Waals surface area (Å²) in [6, 6.07) is 72.6. The minimum absolute atomic E-state index is 0.655. The molecule has 3 nitrogen and oxygen atoms in total. The SMILES string of the molecule is c1ccc(-c2cc(-c3ccccc3)cc(-c3cc(-c4ccccc4)cc(-c4cccc(-c5nc(-c6ccccc6)c6oc7ccccc7c6n5)c4)c3)c2)cc1. The molecule has 8 aromatic carbocycles. The van der Waals surface area contributed by atoms with Crippen LogP contribution in [-0.2, 0) is 0 Å². The molecule has 0 atom stereocenters. The molecule has 0 saturated carbocycles. The van der Waals surface area contributed by atoms with E-state index in [1.807, 2.05) is 36.4 Å². The van der Waals surface area contributed by atoms with Crippen LogP contribution in [0.1, 0.15) is 0 Å². The van der Waals surface area contributed by atoms with Crippen molar-refractivity contribution in [1.29, 1.82) is 0 Å². The third-order valence-electron chi connectivity index (χ3n) is 10.2. The van der Waals surface area contributed by atoms with Gasteiger partial charge in [-0.15, -0.1) is 0 Å². The summed E-state index contributed by atoms with van der Waals surface area (Å²) in [5.74, 6) is 0.655. The maximum absolute atomic E-state index is 6.38. The molecule has 0 fully saturated rings. The zero-order chi connectivity index (χ0) is 36.6. The molecule has 3 heteroatoms. The smallest absolute Gasteiger partial charge is 0.180 e. The fourth-order valence-electron chi connectivity index (χ4n) is 7.50. The van der Waals surface area contributed by atoms with Crippen molar-refractivity contribution >= 4 is 22.1 Å². The van der Waals surface area contributed by atoms with Crippen LogP contribution in [0.25, 0.3) is 100 Å². The van der Waals surface area contributed by atoms with Gasteiger partial charge in [-0.2, -0.15) is 0 Å². The number of aromatic nitrogens is 2. The normalized spacial score (nSPS) is 11.3. The summed E-state index contributed by atoms with van der Waals surface area (Å²) in [5, 5.41) is 0.974. The lowest BCUT2D eigenvalue weighted by Crippen LogP contribution is -1.94. The number of furan rings is 1. The minimum Gasteiger partial charge on any atom is -0.452 e. The van der Waals surface area contributed by atoms with Gasteiger partial charge in [0, 0.05) is 16.5 Å². The second kappa shape index (κ2) is 13.9. The number of nitrogens with zero attached hydrogens (tertiary/aromatic N) is 2. The summed E-state index contributed by atoms with van der Waals surface area (Å²) < 4.78 is 6.38. The summed E-state index contributed by atoms with van der Waals surface area (Å²) in [4.78, 5) is 10.3. The highest BCUT2D eigenvalue weighted by molar-refractivity contribution is 6.07. The first-order valence-corrected chi connectivity index (χ1v) is 18.6. The molecule has 55 heavy (non-hydrogen) atoms. The predicted molar refractivity (Wildman–Crippen MR) is 227 cm³/mol. The van der Waals surface area contributed by atoms with E-state index in [1.54, 1.807) is 0 Å². The van der Waals surface area contributed by atoms with Crippen LogP contribution in [0, 0.1) is 0 Å². The Labute approximate surface area is 319 Å². The largest absolute Gasteiger partial charge is 0.452 e. The van der Waals surface area contributed by atoms with E-state index in [0.717, 1.165) is 66.7 Å². The summed E-state index contributed by atoms with van der Waals surface area (Å²) in [6.45, 7) is 0. The van der Waals surface area contributed by atoms with E-state index < -0.39 is 0 Å². The van der Waals surface area contributed by atoms with Gasteiger partial charge in [0.2, 0.25) is 0 Å². The fraction of sp³-hybridized carbons (Fsp3) is 0. The molecule has 0 radical (unpaired) electrons. The van der Waals surface area contributed by atoms with Gasteiger partial charge >= 0.3 is 0 Å². The van der Waals surface area contributed by atoms with Crippen LogP contribution in [-0.4, -0.2) is 9.97 Å². The van der Waals surface area contributed by atoms with Crippen LogP contribution in [0.2, 0.25) is 0 Å². The van der Waals surface area contributed by atoms with Gasteiger partial charge < -0.3 is 4.42 Å². The molecule has 0 spiro atoms. The Balaban J connectivity index is 1.15. The van der Waals surface area contributed by atoms with Crippen LogP contribution in [0.3, 0.4) is 0 Å². The van der Waals surface area contributed by atoms with Crippen molar-refractivity contribution in [3.8, 4) is 78.3 Å². The Morgan fingerprint density at radius 1 is 0.291 bits per heavy atom. The van der Waals surface area contributed by atoms with Gasteiger partial charge in [-0.1, -0.05) is 152 Å². The van der Waals surface area contributed by atoms with Crippen molar-refractivity contribution in [3.05, 3.63) is 206 Å². The predicted octanol–water partition coefficient (Wildman–Crippen LogP) is 14.0. The molecule has 258 valence electrons. The standard InChI is InChI=1S/C52H34N2O/c1-5-16-35(17-6-1)41-29-42(36-18-7-2-8-19-36)32-45(31-41)46-33-43(37-20-9-3-10-21-37)30-44(34-46)39-24-15-25-40(28-39)52-53-49(38-22-11-4-12-23-38)51-50(54-52)47-26-13-14-27-48(47)55-51/h1-34H. The van der Waals surface area contributed by atoms with Crippen LogP contribution in [0.5, 0.6) is 0 Å². The Hall–Kier alpha value is -7.36. The molecule has 0 aliphatic heterocycles.